The van der Waals surface area contributed by atoms with Crippen molar-refractivity contribution in [3.63, 3.8) is 0 Å². The Bertz CT molecular complexity index is 466. The van der Waals surface area contributed by atoms with Gasteiger partial charge in [0.1, 0.15) is 0 Å². The summed E-state index contributed by atoms with van der Waals surface area (Å²) in [6.07, 6.45) is 9.26. The second-order valence-corrected chi connectivity index (χ2v) is 8.85. The van der Waals surface area contributed by atoms with Crippen LogP contribution in [0.5, 0.6) is 0 Å². The average molecular weight is 322 g/mol. The number of carbonyl (C=O) groups is 1. The van der Waals surface area contributed by atoms with E-state index in [2.05, 4.69) is 27.7 Å². The lowest BCUT2D eigenvalue weighted by Crippen LogP contribution is -2.49. The lowest BCUT2D eigenvalue weighted by molar-refractivity contribution is -0.135. The molecule has 0 unspecified atom stereocenters. The van der Waals surface area contributed by atoms with Crippen molar-refractivity contribution in [1.29, 1.82) is 0 Å². The van der Waals surface area contributed by atoms with Gasteiger partial charge in [-0.25, -0.2) is 4.79 Å². The Balaban J connectivity index is 2.27. The van der Waals surface area contributed by atoms with Crippen molar-refractivity contribution in [3.05, 3.63) is 11.6 Å². The summed E-state index contributed by atoms with van der Waals surface area (Å²) in [5.41, 5.74) is 1.05. The zero-order chi connectivity index (χ0) is 17.3. The number of hydrogen-bond donors (Lipinski definition) is 2. The van der Waals surface area contributed by atoms with Crippen molar-refractivity contribution < 1.29 is 15.0 Å². The number of carboxylic acids is 1. The van der Waals surface area contributed by atoms with Gasteiger partial charge in [0.05, 0.1) is 0 Å². The molecule has 2 aliphatic rings. The predicted octanol–water partition coefficient (Wildman–Crippen LogP) is 4.65. The van der Waals surface area contributed by atoms with E-state index in [1.54, 1.807) is 0 Å². The van der Waals surface area contributed by atoms with Gasteiger partial charge in [-0.1, -0.05) is 46.6 Å². The lowest BCUT2D eigenvalue weighted by atomic mass is 9.48. The first-order valence-corrected chi connectivity index (χ1v) is 9.26. The molecule has 132 valence electrons. The molecule has 0 spiro atoms. The van der Waals surface area contributed by atoms with E-state index in [4.69, 9.17) is 5.11 Å². The molecular formula is C20H34O3. The molecule has 2 rings (SSSR count). The summed E-state index contributed by atoms with van der Waals surface area (Å²) in [4.78, 5) is 11.8. The van der Waals surface area contributed by atoms with Crippen LogP contribution in [0.15, 0.2) is 11.6 Å². The van der Waals surface area contributed by atoms with Gasteiger partial charge in [-0.15, -0.1) is 0 Å². The largest absolute Gasteiger partial charge is 0.478 e. The molecule has 4 atom stereocenters. The number of aliphatic hydroxyl groups is 1. The lowest BCUT2D eigenvalue weighted by Gasteiger charge is -2.56. The summed E-state index contributed by atoms with van der Waals surface area (Å²) < 4.78 is 0. The van der Waals surface area contributed by atoms with Gasteiger partial charge in [-0.2, -0.15) is 0 Å². The normalized spacial score (nSPS) is 34.4. The van der Waals surface area contributed by atoms with Crippen molar-refractivity contribution in [2.24, 2.45) is 28.6 Å². The first-order valence-electron chi connectivity index (χ1n) is 9.26. The topological polar surface area (TPSA) is 57.5 Å². The van der Waals surface area contributed by atoms with Crippen molar-refractivity contribution in [2.45, 2.75) is 72.6 Å². The van der Waals surface area contributed by atoms with E-state index in [0.717, 1.165) is 32.1 Å². The van der Waals surface area contributed by atoms with Crippen LogP contribution >= 0.6 is 0 Å². The standard InChI is InChI=1S/C20H34O3/c1-14(10-13-21)6-8-16-15(18(22)23)7-9-17-19(2,3)11-5-12-20(16,17)4/h7,14,16-17,21H,5-6,8-13H2,1-4H3,(H,22,23)/t14-,16+,17+,20+/m1/s1. The van der Waals surface area contributed by atoms with Crippen LogP contribution in [0.25, 0.3) is 0 Å². The van der Waals surface area contributed by atoms with Crippen LogP contribution < -0.4 is 0 Å². The van der Waals surface area contributed by atoms with Gasteiger partial charge in [0.25, 0.3) is 0 Å². The van der Waals surface area contributed by atoms with Crippen LogP contribution in [0.4, 0.5) is 0 Å². The van der Waals surface area contributed by atoms with Gasteiger partial charge in [-0.05, 0) is 60.7 Å². The molecule has 1 fully saturated rings. The predicted molar refractivity (Wildman–Crippen MR) is 93.2 cm³/mol. The van der Waals surface area contributed by atoms with E-state index in [-0.39, 0.29) is 17.9 Å². The van der Waals surface area contributed by atoms with Crippen molar-refractivity contribution in [1.82, 2.24) is 0 Å². The molecule has 3 heteroatoms. The molecule has 3 nitrogen and oxygen atoms in total. The third-order valence-electron chi connectivity index (χ3n) is 6.84. The van der Waals surface area contributed by atoms with Crippen LogP contribution in [-0.2, 0) is 4.79 Å². The second kappa shape index (κ2) is 6.96. The first kappa shape index (κ1) is 18.5. The number of allylic oxidation sites excluding steroid dienone is 1. The molecule has 0 bridgehead atoms. The molecule has 0 aromatic heterocycles. The summed E-state index contributed by atoms with van der Waals surface area (Å²) in [6.45, 7) is 9.45. The fourth-order valence-corrected chi connectivity index (χ4v) is 5.45. The van der Waals surface area contributed by atoms with Gasteiger partial charge in [0.15, 0.2) is 0 Å². The van der Waals surface area contributed by atoms with E-state index < -0.39 is 5.97 Å². The third-order valence-corrected chi connectivity index (χ3v) is 6.84. The first-order chi connectivity index (χ1) is 10.7. The Morgan fingerprint density at radius 1 is 1.30 bits per heavy atom. The quantitative estimate of drug-likeness (QED) is 0.748. The molecule has 1 saturated carbocycles. The molecule has 0 radical (unpaired) electrons. The molecule has 0 saturated heterocycles. The summed E-state index contributed by atoms with van der Waals surface area (Å²) in [5.74, 6) is 0.452. The number of aliphatic carboxylic acids is 1. The number of fused-ring (bicyclic) bond motifs is 1. The maximum atomic E-state index is 11.8. The monoisotopic (exact) mass is 322 g/mol. The number of rotatable bonds is 6. The summed E-state index contributed by atoms with van der Waals surface area (Å²) in [6, 6.07) is 0. The molecule has 0 aromatic rings. The van der Waals surface area contributed by atoms with E-state index in [0.29, 0.717) is 22.8 Å². The molecule has 0 aliphatic heterocycles. The van der Waals surface area contributed by atoms with Gasteiger partial charge in [0, 0.05) is 12.2 Å². The maximum absolute atomic E-state index is 11.8. The summed E-state index contributed by atoms with van der Waals surface area (Å²) in [5, 5.41) is 18.8. The number of carboxylic acid groups (broad SMARTS) is 1. The van der Waals surface area contributed by atoms with E-state index in [9.17, 15) is 9.90 Å². The number of hydrogen-bond acceptors (Lipinski definition) is 2. The maximum Gasteiger partial charge on any atom is 0.331 e. The summed E-state index contributed by atoms with van der Waals surface area (Å²) >= 11 is 0. The molecule has 0 amide bonds. The molecule has 2 N–H and O–H groups in total. The van der Waals surface area contributed by atoms with Crippen LogP contribution in [0.1, 0.15) is 72.6 Å². The fraction of sp³-hybridized carbons (Fsp3) is 0.850. The van der Waals surface area contributed by atoms with Gasteiger partial charge >= 0.3 is 5.97 Å². The van der Waals surface area contributed by atoms with E-state index in [1.807, 2.05) is 6.08 Å². The van der Waals surface area contributed by atoms with Gasteiger partial charge in [0.2, 0.25) is 0 Å². The van der Waals surface area contributed by atoms with Crippen LogP contribution in [-0.4, -0.2) is 22.8 Å². The average Bonchev–Trinajstić information content (AvgIpc) is 2.44. The Morgan fingerprint density at radius 2 is 2.00 bits per heavy atom. The van der Waals surface area contributed by atoms with Gasteiger partial charge < -0.3 is 10.2 Å². The number of aliphatic hydroxyl groups excluding tert-OH is 1. The molecule has 0 heterocycles. The molecule has 23 heavy (non-hydrogen) atoms. The minimum absolute atomic E-state index is 0.100. The van der Waals surface area contributed by atoms with Gasteiger partial charge in [-0.3, -0.25) is 0 Å². The van der Waals surface area contributed by atoms with Crippen molar-refractivity contribution in [3.8, 4) is 0 Å². The Hall–Kier alpha value is -0.830. The zero-order valence-electron chi connectivity index (χ0n) is 15.3. The summed E-state index contributed by atoms with van der Waals surface area (Å²) in [7, 11) is 0. The smallest absolute Gasteiger partial charge is 0.331 e. The highest BCUT2D eigenvalue weighted by Gasteiger charge is 2.53. The van der Waals surface area contributed by atoms with Crippen molar-refractivity contribution >= 4 is 5.97 Å². The highest BCUT2D eigenvalue weighted by atomic mass is 16.4. The van der Waals surface area contributed by atoms with Crippen LogP contribution in [0.2, 0.25) is 0 Å². The van der Waals surface area contributed by atoms with Crippen molar-refractivity contribution in [2.75, 3.05) is 6.61 Å². The third kappa shape index (κ3) is 3.65. The molecule has 0 aromatic carbocycles. The van der Waals surface area contributed by atoms with Crippen LogP contribution in [0.3, 0.4) is 0 Å². The Labute approximate surface area is 141 Å². The Kier molecular flexibility index (Phi) is 5.60. The highest BCUT2D eigenvalue weighted by Crippen LogP contribution is 2.60. The Morgan fingerprint density at radius 3 is 2.61 bits per heavy atom. The second-order valence-electron chi connectivity index (χ2n) is 8.85. The zero-order valence-corrected chi connectivity index (χ0v) is 15.3. The van der Waals surface area contributed by atoms with E-state index in [1.165, 1.54) is 12.8 Å². The molecule has 2 aliphatic carbocycles. The highest BCUT2D eigenvalue weighted by molar-refractivity contribution is 5.87. The van der Waals surface area contributed by atoms with E-state index >= 15 is 0 Å². The van der Waals surface area contributed by atoms with Crippen LogP contribution in [0, 0.1) is 28.6 Å². The molecular weight excluding hydrogens is 288 g/mol. The minimum atomic E-state index is -0.729. The SMILES string of the molecule is C[C@@H](CCO)CC[C@H]1C(C(=O)O)=CC[C@H]2C(C)(C)CCC[C@@]12C. The fourth-order valence-electron chi connectivity index (χ4n) is 5.45. The minimum Gasteiger partial charge on any atom is -0.478 e.